The number of likely N-dealkylation sites (N-methyl/N-ethyl adjacent to an activating group) is 1. The summed E-state index contributed by atoms with van der Waals surface area (Å²) in [4.78, 5) is 13.9. The first-order valence-corrected chi connectivity index (χ1v) is 6.93. The molecule has 0 radical (unpaired) electrons. The van der Waals surface area contributed by atoms with E-state index in [1.807, 2.05) is 38.2 Å². The van der Waals surface area contributed by atoms with E-state index in [1.165, 1.54) is 0 Å². The lowest BCUT2D eigenvalue weighted by Crippen LogP contribution is -2.44. The van der Waals surface area contributed by atoms with Gasteiger partial charge in [0.25, 0.3) is 5.91 Å². The Labute approximate surface area is 121 Å². The number of nitrogens with zero attached hydrogens (tertiary/aromatic N) is 1. The number of amides is 1. The van der Waals surface area contributed by atoms with Gasteiger partial charge in [0.1, 0.15) is 5.75 Å². The standard InChI is InChI=1S/C16H26N2O2/c1-12(16(2,3)4)18(5)15(19)11-20-14-8-6-13(10-17)7-9-14/h6-9,12H,10-11,17H2,1-5H3. The molecule has 1 rings (SSSR count). The third kappa shape index (κ3) is 4.53. The minimum Gasteiger partial charge on any atom is -0.484 e. The molecule has 20 heavy (non-hydrogen) atoms. The zero-order chi connectivity index (χ0) is 15.3. The molecule has 0 aliphatic heterocycles. The van der Waals surface area contributed by atoms with Gasteiger partial charge in [0, 0.05) is 19.6 Å². The Kier molecular flexibility index (Phi) is 5.57. The summed E-state index contributed by atoms with van der Waals surface area (Å²) in [6, 6.07) is 7.63. The zero-order valence-corrected chi connectivity index (χ0v) is 13.1. The summed E-state index contributed by atoms with van der Waals surface area (Å²) in [5.41, 5.74) is 6.63. The van der Waals surface area contributed by atoms with Gasteiger partial charge in [0.05, 0.1) is 0 Å². The average molecular weight is 278 g/mol. The highest BCUT2D eigenvalue weighted by Crippen LogP contribution is 2.23. The maximum atomic E-state index is 12.1. The number of hydrogen-bond donors (Lipinski definition) is 1. The summed E-state index contributed by atoms with van der Waals surface area (Å²) in [6.07, 6.45) is 0. The van der Waals surface area contributed by atoms with Crippen LogP contribution in [0, 0.1) is 5.41 Å². The number of ether oxygens (including phenoxy) is 1. The molecule has 1 aromatic carbocycles. The van der Waals surface area contributed by atoms with Crippen molar-refractivity contribution in [1.29, 1.82) is 0 Å². The SMILES string of the molecule is CC(N(C)C(=O)COc1ccc(CN)cc1)C(C)(C)C. The molecule has 4 heteroatoms. The maximum absolute atomic E-state index is 12.1. The highest BCUT2D eigenvalue weighted by Gasteiger charge is 2.27. The molecule has 0 bridgehead atoms. The predicted octanol–water partition coefficient (Wildman–Crippen LogP) is 2.42. The van der Waals surface area contributed by atoms with Crippen LogP contribution in [0.1, 0.15) is 33.3 Å². The molecular formula is C16H26N2O2. The molecule has 1 unspecified atom stereocenters. The third-order valence-electron chi connectivity index (χ3n) is 3.75. The number of benzene rings is 1. The molecule has 2 N–H and O–H groups in total. The number of nitrogens with two attached hydrogens (primary N) is 1. The largest absolute Gasteiger partial charge is 0.484 e. The van der Waals surface area contributed by atoms with Crippen LogP contribution < -0.4 is 10.5 Å². The fraction of sp³-hybridized carbons (Fsp3) is 0.562. The summed E-state index contributed by atoms with van der Waals surface area (Å²) >= 11 is 0. The van der Waals surface area contributed by atoms with Crippen molar-refractivity contribution >= 4 is 5.91 Å². The molecule has 1 atom stereocenters. The smallest absolute Gasteiger partial charge is 0.260 e. The van der Waals surface area contributed by atoms with E-state index >= 15 is 0 Å². The van der Waals surface area contributed by atoms with Gasteiger partial charge in [-0.3, -0.25) is 4.79 Å². The number of rotatable bonds is 5. The van der Waals surface area contributed by atoms with Crippen molar-refractivity contribution in [3.8, 4) is 5.75 Å². The Morgan fingerprint density at radius 1 is 1.30 bits per heavy atom. The summed E-state index contributed by atoms with van der Waals surface area (Å²) in [7, 11) is 1.82. The van der Waals surface area contributed by atoms with E-state index < -0.39 is 0 Å². The molecule has 1 amide bonds. The van der Waals surface area contributed by atoms with Crippen molar-refractivity contribution in [3.05, 3.63) is 29.8 Å². The van der Waals surface area contributed by atoms with Gasteiger partial charge in [-0.05, 0) is 30.0 Å². The molecule has 0 fully saturated rings. The zero-order valence-electron chi connectivity index (χ0n) is 13.1. The molecule has 1 aromatic rings. The van der Waals surface area contributed by atoms with E-state index in [4.69, 9.17) is 10.5 Å². The van der Waals surface area contributed by atoms with Crippen LogP contribution in [0.3, 0.4) is 0 Å². The van der Waals surface area contributed by atoms with Crippen LogP contribution in [0.15, 0.2) is 24.3 Å². The van der Waals surface area contributed by atoms with Crippen LogP contribution in [-0.2, 0) is 11.3 Å². The highest BCUT2D eigenvalue weighted by molar-refractivity contribution is 5.77. The van der Waals surface area contributed by atoms with Gasteiger partial charge in [-0.2, -0.15) is 0 Å². The van der Waals surface area contributed by atoms with E-state index in [-0.39, 0.29) is 24.0 Å². The summed E-state index contributed by atoms with van der Waals surface area (Å²) in [5.74, 6) is 0.669. The third-order valence-corrected chi connectivity index (χ3v) is 3.75. The lowest BCUT2D eigenvalue weighted by atomic mass is 9.87. The van der Waals surface area contributed by atoms with E-state index in [9.17, 15) is 4.79 Å². The minimum atomic E-state index is -0.0182. The maximum Gasteiger partial charge on any atom is 0.260 e. The monoisotopic (exact) mass is 278 g/mol. The molecule has 0 saturated heterocycles. The molecule has 0 aliphatic carbocycles. The van der Waals surface area contributed by atoms with E-state index in [0.717, 1.165) is 5.56 Å². The average Bonchev–Trinajstić information content (AvgIpc) is 2.42. The van der Waals surface area contributed by atoms with Crippen molar-refractivity contribution < 1.29 is 9.53 Å². The van der Waals surface area contributed by atoms with Crippen molar-refractivity contribution in [1.82, 2.24) is 4.90 Å². The van der Waals surface area contributed by atoms with Crippen LogP contribution in [-0.4, -0.2) is 30.5 Å². The van der Waals surface area contributed by atoms with Gasteiger partial charge in [0.15, 0.2) is 6.61 Å². The Balaban J connectivity index is 2.54. The first-order valence-electron chi connectivity index (χ1n) is 6.93. The van der Waals surface area contributed by atoms with E-state index in [1.54, 1.807) is 4.90 Å². The van der Waals surface area contributed by atoms with E-state index in [0.29, 0.717) is 12.3 Å². The van der Waals surface area contributed by atoms with Gasteiger partial charge < -0.3 is 15.4 Å². The fourth-order valence-corrected chi connectivity index (χ4v) is 1.77. The highest BCUT2D eigenvalue weighted by atomic mass is 16.5. The Bertz CT molecular complexity index is 435. The quantitative estimate of drug-likeness (QED) is 0.900. The second-order valence-electron chi connectivity index (χ2n) is 6.18. The molecule has 0 heterocycles. The van der Waals surface area contributed by atoms with Gasteiger partial charge in [-0.25, -0.2) is 0 Å². The lowest BCUT2D eigenvalue weighted by molar-refractivity contribution is -0.135. The molecule has 0 aliphatic rings. The normalized spacial score (nSPS) is 12.9. The van der Waals surface area contributed by atoms with Crippen molar-refractivity contribution in [2.24, 2.45) is 11.1 Å². The van der Waals surface area contributed by atoms with Gasteiger partial charge >= 0.3 is 0 Å². The number of carbonyl (C=O) groups is 1. The summed E-state index contributed by atoms with van der Waals surface area (Å²) in [6.45, 7) is 8.97. The van der Waals surface area contributed by atoms with E-state index in [2.05, 4.69) is 20.8 Å². The topological polar surface area (TPSA) is 55.6 Å². The van der Waals surface area contributed by atoms with Crippen LogP contribution in [0.4, 0.5) is 0 Å². The fourth-order valence-electron chi connectivity index (χ4n) is 1.77. The van der Waals surface area contributed by atoms with Crippen molar-refractivity contribution in [2.45, 2.75) is 40.3 Å². The molecular weight excluding hydrogens is 252 g/mol. The number of hydrogen-bond acceptors (Lipinski definition) is 3. The predicted molar refractivity (Wildman–Crippen MR) is 81.5 cm³/mol. The second-order valence-corrected chi connectivity index (χ2v) is 6.18. The first-order chi connectivity index (χ1) is 9.25. The summed E-state index contributed by atoms with van der Waals surface area (Å²) < 4.78 is 5.52. The summed E-state index contributed by atoms with van der Waals surface area (Å²) in [5, 5.41) is 0. The molecule has 0 spiro atoms. The van der Waals surface area contributed by atoms with Crippen LogP contribution in [0.25, 0.3) is 0 Å². The van der Waals surface area contributed by atoms with Gasteiger partial charge in [-0.1, -0.05) is 32.9 Å². The van der Waals surface area contributed by atoms with Crippen LogP contribution >= 0.6 is 0 Å². The van der Waals surface area contributed by atoms with Gasteiger partial charge in [0.2, 0.25) is 0 Å². The lowest BCUT2D eigenvalue weighted by Gasteiger charge is -2.35. The van der Waals surface area contributed by atoms with Crippen molar-refractivity contribution in [3.63, 3.8) is 0 Å². The Morgan fingerprint density at radius 2 is 1.85 bits per heavy atom. The molecule has 0 aromatic heterocycles. The second kappa shape index (κ2) is 6.75. The minimum absolute atomic E-state index is 0.0182. The Hall–Kier alpha value is -1.55. The van der Waals surface area contributed by atoms with Gasteiger partial charge in [-0.15, -0.1) is 0 Å². The Morgan fingerprint density at radius 3 is 2.30 bits per heavy atom. The van der Waals surface area contributed by atoms with Crippen molar-refractivity contribution in [2.75, 3.05) is 13.7 Å². The molecule has 112 valence electrons. The van der Waals surface area contributed by atoms with Crippen LogP contribution in [0.2, 0.25) is 0 Å². The first kappa shape index (κ1) is 16.5. The number of carbonyl (C=O) groups excluding carboxylic acids is 1. The molecule has 4 nitrogen and oxygen atoms in total. The van der Waals surface area contributed by atoms with Crippen LogP contribution in [0.5, 0.6) is 5.75 Å². The molecule has 0 saturated carbocycles.